The standard InChI is InChI=1S/C16H17NO2S/c17-16(20)10-13-6-8-15(9-7-13)19-12-18-11-14-4-2-1-3-5-14/h1-9H,10-12H2,(H2,17,20). The van der Waals surface area contributed by atoms with Gasteiger partial charge in [0.1, 0.15) is 5.75 Å². The highest BCUT2D eigenvalue weighted by Crippen LogP contribution is 2.13. The van der Waals surface area contributed by atoms with Crippen LogP contribution in [-0.2, 0) is 17.8 Å². The molecule has 0 heterocycles. The minimum absolute atomic E-state index is 0.226. The van der Waals surface area contributed by atoms with Gasteiger partial charge in [0, 0.05) is 6.42 Å². The van der Waals surface area contributed by atoms with Crippen molar-refractivity contribution in [2.75, 3.05) is 6.79 Å². The summed E-state index contributed by atoms with van der Waals surface area (Å²) in [5.41, 5.74) is 7.70. The smallest absolute Gasteiger partial charge is 0.189 e. The second-order valence-corrected chi connectivity index (χ2v) is 4.91. The van der Waals surface area contributed by atoms with Crippen molar-refractivity contribution in [1.29, 1.82) is 0 Å². The van der Waals surface area contributed by atoms with Crippen molar-refractivity contribution >= 4 is 17.2 Å². The van der Waals surface area contributed by atoms with Crippen molar-refractivity contribution < 1.29 is 9.47 Å². The molecule has 0 saturated carbocycles. The monoisotopic (exact) mass is 287 g/mol. The minimum atomic E-state index is 0.226. The van der Waals surface area contributed by atoms with Crippen LogP contribution in [-0.4, -0.2) is 11.8 Å². The third kappa shape index (κ3) is 4.99. The Morgan fingerprint density at radius 2 is 1.65 bits per heavy atom. The van der Waals surface area contributed by atoms with Gasteiger partial charge in [-0.3, -0.25) is 0 Å². The van der Waals surface area contributed by atoms with Crippen LogP contribution < -0.4 is 10.5 Å². The zero-order valence-electron chi connectivity index (χ0n) is 11.1. The first-order valence-corrected chi connectivity index (χ1v) is 6.76. The number of nitrogens with two attached hydrogens (primary N) is 1. The molecule has 0 amide bonds. The summed E-state index contributed by atoms with van der Waals surface area (Å²) in [5, 5.41) is 0. The lowest BCUT2D eigenvalue weighted by atomic mass is 10.1. The summed E-state index contributed by atoms with van der Waals surface area (Å²) in [5.74, 6) is 0.768. The predicted molar refractivity (Wildman–Crippen MR) is 83.7 cm³/mol. The molecule has 0 aliphatic rings. The number of benzene rings is 2. The third-order valence-electron chi connectivity index (χ3n) is 2.72. The summed E-state index contributed by atoms with van der Waals surface area (Å²) in [7, 11) is 0. The number of hydrogen-bond acceptors (Lipinski definition) is 3. The van der Waals surface area contributed by atoms with E-state index in [-0.39, 0.29) is 6.79 Å². The van der Waals surface area contributed by atoms with E-state index in [1.807, 2.05) is 54.6 Å². The van der Waals surface area contributed by atoms with Gasteiger partial charge in [-0.2, -0.15) is 0 Å². The quantitative estimate of drug-likeness (QED) is 0.483. The molecule has 0 aromatic heterocycles. The third-order valence-corrected chi connectivity index (χ3v) is 2.87. The first-order chi connectivity index (χ1) is 9.74. The Labute approximate surface area is 124 Å². The number of rotatable bonds is 7. The van der Waals surface area contributed by atoms with E-state index < -0.39 is 0 Å². The molecule has 4 heteroatoms. The molecule has 20 heavy (non-hydrogen) atoms. The molecule has 0 radical (unpaired) electrons. The van der Waals surface area contributed by atoms with E-state index in [0.717, 1.165) is 16.9 Å². The molecule has 0 bridgehead atoms. The molecule has 0 saturated heterocycles. The molecule has 3 nitrogen and oxygen atoms in total. The van der Waals surface area contributed by atoms with Gasteiger partial charge in [-0.1, -0.05) is 54.7 Å². The van der Waals surface area contributed by atoms with Crippen LogP contribution in [0.15, 0.2) is 54.6 Å². The lowest BCUT2D eigenvalue weighted by molar-refractivity contribution is 0.00504. The molecule has 0 aliphatic carbocycles. The Morgan fingerprint density at radius 3 is 2.30 bits per heavy atom. The summed E-state index contributed by atoms with van der Waals surface area (Å²) >= 11 is 4.87. The number of hydrogen-bond donors (Lipinski definition) is 1. The van der Waals surface area contributed by atoms with Gasteiger partial charge in [0.15, 0.2) is 6.79 Å². The predicted octanol–water partition coefficient (Wildman–Crippen LogP) is 3.07. The van der Waals surface area contributed by atoms with Gasteiger partial charge in [0.25, 0.3) is 0 Å². The molecule has 0 fully saturated rings. The summed E-state index contributed by atoms with van der Waals surface area (Å²) in [4.78, 5) is 0.491. The topological polar surface area (TPSA) is 44.5 Å². The average Bonchev–Trinajstić information content (AvgIpc) is 2.46. The van der Waals surface area contributed by atoms with Crippen LogP contribution in [0.2, 0.25) is 0 Å². The summed E-state index contributed by atoms with van der Waals surface area (Å²) in [6.07, 6.45) is 0.611. The largest absolute Gasteiger partial charge is 0.468 e. The van der Waals surface area contributed by atoms with Crippen LogP contribution in [0.1, 0.15) is 11.1 Å². The van der Waals surface area contributed by atoms with Crippen molar-refractivity contribution in [3.05, 3.63) is 65.7 Å². The fourth-order valence-corrected chi connectivity index (χ4v) is 1.91. The van der Waals surface area contributed by atoms with Gasteiger partial charge >= 0.3 is 0 Å². The number of ether oxygens (including phenoxy) is 2. The second-order valence-electron chi connectivity index (χ2n) is 4.38. The van der Waals surface area contributed by atoms with Crippen molar-refractivity contribution in [3.63, 3.8) is 0 Å². The van der Waals surface area contributed by atoms with Gasteiger partial charge in [0.05, 0.1) is 11.6 Å². The summed E-state index contributed by atoms with van der Waals surface area (Å²) in [6.45, 7) is 0.768. The van der Waals surface area contributed by atoms with Crippen molar-refractivity contribution in [3.8, 4) is 5.75 Å². The summed E-state index contributed by atoms with van der Waals surface area (Å²) < 4.78 is 11.0. The second kappa shape index (κ2) is 7.62. The Hall–Kier alpha value is -1.91. The first-order valence-electron chi connectivity index (χ1n) is 6.36. The Morgan fingerprint density at radius 1 is 0.950 bits per heavy atom. The molecule has 0 atom stereocenters. The maximum atomic E-state index is 5.50. The van der Waals surface area contributed by atoms with E-state index in [1.54, 1.807) is 0 Å². The maximum absolute atomic E-state index is 5.50. The van der Waals surface area contributed by atoms with E-state index in [4.69, 9.17) is 27.4 Å². The van der Waals surface area contributed by atoms with Crippen LogP contribution in [0.5, 0.6) is 5.75 Å². The number of thiocarbonyl (C=S) groups is 1. The van der Waals surface area contributed by atoms with Gasteiger partial charge in [-0.15, -0.1) is 0 Å². The molecule has 0 unspecified atom stereocenters. The fraction of sp³-hybridized carbons (Fsp3) is 0.188. The molecule has 2 N–H and O–H groups in total. The normalized spacial score (nSPS) is 10.2. The first kappa shape index (κ1) is 14.5. The van der Waals surface area contributed by atoms with Crippen LogP contribution in [0, 0.1) is 0 Å². The zero-order valence-corrected chi connectivity index (χ0v) is 11.9. The molecule has 2 rings (SSSR count). The molecule has 0 spiro atoms. The molecular weight excluding hydrogens is 270 g/mol. The highest BCUT2D eigenvalue weighted by Gasteiger charge is 1.98. The van der Waals surface area contributed by atoms with Crippen LogP contribution in [0.25, 0.3) is 0 Å². The van der Waals surface area contributed by atoms with Gasteiger partial charge in [0.2, 0.25) is 0 Å². The SMILES string of the molecule is NC(=S)Cc1ccc(OCOCc2ccccc2)cc1. The van der Waals surface area contributed by atoms with Crippen molar-refractivity contribution in [2.24, 2.45) is 5.73 Å². The minimum Gasteiger partial charge on any atom is -0.468 e. The van der Waals surface area contributed by atoms with Crippen LogP contribution in [0.3, 0.4) is 0 Å². The van der Waals surface area contributed by atoms with E-state index in [2.05, 4.69) is 0 Å². The maximum Gasteiger partial charge on any atom is 0.189 e. The van der Waals surface area contributed by atoms with Gasteiger partial charge in [-0.25, -0.2) is 0 Å². The highest BCUT2D eigenvalue weighted by atomic mass is 32.1. The average molecular weight is 287 g/mol. The lowest BCUT2D eigenvalue weighted by Gasteiger charge is -2.08. The van der Waals surface area contributed by atoms with E-state index in [9.17, 15) is 0 Å². The Balaban J connectivity index is 1.73. The zero-order chi connectivity index (χ0) is 14.2. The van der Waals surface area contributed by atoms with E-state index in [1.165, 1.54) is 0 Å². The highest BCUT2D eigenvalue weighted by molar-refractivity contribution is 7.80. The molecule has 2 aromatic carbocycles. The lowest BCUT2D eigenvalue weighted by Crippen LogP contribution is -2.10. The Kier molecular flexibility index (Phi) is 5.53. The summed E-state index contributed by atoms with van der Waals surface area (Å²) in [6, 6.07) is 17.7. The molecular formula is C16H17NO2S. The molecule has 0 aliphatic heterocycles. The van der Waals surface area contributed by atoms with E-state index in [0.29, 0.717) is 18.0 Å². The van der Waals surface area contributed by atoms with Crippen LogP contribution in [0.4, 0.5) is 0 Å². The Bertz CT molecular complexity index is 540. The van der Waals surface area contributed by atoms with Crippen LogP contribution >= 0.6 is 12.2 Å². The van der Waals surface area contributed by atoms with Gasteiger partial charge < -0.3 is 15.2 Å². The van der Waals surface area contributed by atoms with Gasteiger partial charge in [-0.05, 0) is 23.3 Å². The molecule has 104 valence electrons. The molecule has 2 aromatic rings. The van der Waals surface area contributed by atoms with Crippen molar-refractivity contribution in [2.45, 2.75) is 13.0 Å². The van der Waals surface area contributed by atoms with Crippen molar-refractivity contribution in [1.82, 2.24) is 0 Å². The van der Waals surface area contributed by atoms with E-state index >= 15 is 0 Å². The fourth-order valence-electron chi connectivity index (χ4n) is 1.75.